The van der Waals surface area contributed by atoms with E-state index in [2.05, 4.69) is 5.32 Å². The van der Waals surface area contributed by atoms with E-state index < -0.39 is 12.0 Å². The summed E-state index contributed by atoms with van der Waals surface area (Å²) in [5, 5.41) is 3.53. The SMILES string of the molecule is Fc1cc(Cl)ccc1CC(F)c1cccc2c1NCC2. The van der Waals surface area contributed by atoms with Gasteiger partial charge in [0.25, 0.3) is 0 Å². The Balaban J connectivity index is 1.86. The van der Waals surface area contributed by atoms with Gasteiger partial charge in [-0.05, 0) is 29.7 Å². The summed E-state index contributed by atoms with van der Waals surface area (Å²) in [6.07, 6.45) is -0.307. The van der Waals surface area contributed by atoms with Gasteiger partial charge in [-0.15, -0.1) is 0 Å². The molecule has 2 aromatic carbocycles. The summed E-state index contributed by atoms with van der Waals surface area (Å²) in [7, 11) is 0. The molecule has 0 bridgehead atoms. The molecule has 0 radical (unpaired) electrons. The third-order valence-electron chi connectivity index (χ3n) is 3.63. The van der Waals surface area contributed by atoms with Gasteiger partial charge in [0.1, 0.15) is 12.0 Å². The summed E-state index contributed by atoms with van der Waals surface area (Å²) in [6, 6.07) is 9.95. The van der Waals surface area contributed by atoms with Crippen LogP contribution in [-0.4, -0.2) is 6.54 Å². The van der Waals surface area contributed by atoms with E-state index in [0.29, 0.717) is 16.1 Å². The van der Waals surface area contributed by atoms with Crippen LogP contribution in [0.25, 0.3) is 0 Å². The second kappa shape index (κ2) is 5.41. The molecule has 2 aromatic rings. The molecule has 0 saturated carbocycles. The fraction of sp³-hybridized carbons (Fsp3) is 0.250. The zero-order valence-electron chi connectivity index (χ0n) is 10.8. The predicted octanol–water partition coefficient (Wildman–Crippen LogP) is 4.70. The fourth-order valence-electron chi connectivity index (χ4n) is 2.62. The molecule has 0 amide bonds. The number of hydrogen-bond acceptors (Lipinski definition) is 1. The molecule has 1 nitrogen and oxygen atoms in total. The summed E-state index contributed by atoms with van der Waals surface area (Å²) in [6.45, 7) is 0.828. The molecule has 1 heterocycles. The Kier molecular flexibility index (Phi) is 3.62. The number of alkyl halides is 1. The van der Waals surface area contributed by atoms with Gasteiger partial charge < -0.3 is 5.32 Å². The molecule has 0 aromatic heterocycles. The Hall–Kier alpha value is -1.61. The van der Waals surface area contributed by atoms with Crippen molar-refractivity contribution in [1.29, 1.82) is 0 Å². The standard InChI is InChI=1S/C16H14ClF2N/c17-12-5-4-11(14(18)9-12)8-15(19)13-3-1-2-10-6-7-20-16(10)13/h1-5,9,15,20H,6-8H2. The molecule has 20 heavy (non-hydrogen) atoms. The molecule has 1 unspecified atom stereocenters. The van der Waals surface area contributed by atoms with Crippen molar-refractivity contribution in [3.8, 4) is 0 Å². The Morgan fingerprint density at radius 3 is 2.90 bits per heavy atom. The van der Waals surface area contributed by atoms with Crippen molar-refractivity contribution >= 4 is 17.3 Å². The van der Waals surface area contributed by atoms with Gasteiger partial charge in [-0.3, -0.25) is 0 Å². The number of rotatable bonds is 3. The van der Waals surface area contributed by atoms with Crippen molar-refractivity contribution in [3.63, 3.8) is 0 Å². The summed E-state index contributed by atoms with van der Waals surface area (Å²) in [4.78, 5) is 0. The maximum absolute atomic E-state index is 14.5. The molecule has 104 valence electrons. The van der Waals surface area contributed by atoms with Crippen LogP contribution in [0.15, 0.2) is 36.4 Å². The van der Waals surface area contributed by atoms with E-state index in [1.807, 2.05) is 12.1 Å². The zero-order chi connectivity index (χ0) is 14.1. The Morgan fingerprint density at radius 1 is 1.25 bits per heavy atom. The molecular weight excluding hydrogens is 280 g/mol. The zero-order valence-corrected chi connectivity index (χ0v) is 11.6. The highest BCUT2D eigenvalue weighted by atomic mass is 35.5. The van der Waals surface area contributed by atoms with Crippen LogP contribution in [0.1, 0.15) is 22.9 Å². The van der Waals surface area contributed by atoms with E-state index in [1.54, 1.807) is 18.2 Å². The number of anilines is 1. The lowest BCUT2D eigenvalue weighted by atomic mass is 9.98. The number of nitrogens with one attached hydrogen (secondary N) is 1. The number of benzene rings is 2. The van der Waals surface area contributed by atoms with Crippen molar-refractivity contribution in [3.05, 3.63) is 63.9 Å². The minimum Gasteiger partial charge on any atom is -0.384 e. The van der Waals surface area contributed by atoms with Crippen molar-refractivity contribution in [2.24, 2.45) is 0 Å². The third kappa shape index (κ3) is 2.50. The topological polar surface area (TPSA) is 12.0 Å². The number of halogens is 3. The van der Waals surface area contributed by atoms with E-state index in [9.17, 15) is 8.78 Å². The summed E-state index contributed by atoms with van der Waals surface area (Å²) < 4.78 is 28.3. The largest absolute Gasteiger partial charge is 0.384 e. The van der Waals surface area contributed by atoms with E-state index >= 15 is 0 Å². The quantitative estimate of drug-likeness (QED) is 0.865. The summed E-state index contributed by atoms with van der Waals surface area (Å²) >= 11 is 5.70. The van der Waals surface area contributed by atoms with Crippen LogP contribution in [0.4, 0.5) is 14.5 Å². The molecule has 3 rings (SSSR count). The maximum atomic E-state index is 14.5. The van der Waals surface area contributed by atoms with Crippen LogP contribution < -0.4 is 5.32 Å². The highest BCUT2D eigenvalue weighted by Gasteiger charge is 2.21. The van der Waals surface area contributed by atoms with Crippen molar-refractivity contribution in [1.82, 2.24) is 0 Å². The second-order valence-electron chi connectivity index (χ2n) is 4.97. The maximum Gasteiger partial charge on any atom is 0.131 e. The Labute approximate surface area is 121 Å². The number of hydrogen-bond donors (Lipinski definition) is 1. The van der Waals surface area contributed by atoms with Gasteiger partial charge in [0.2, 0.25) is 0 Å². The summed E-state index contributed by atoms with van der Waals surface area (Å²) in [5.74, 6) is -0.458. The monoisotopic (exact) mass is 293 g/mol. The van der Waals surface area contributed by atoms with Crippen molar-refractivity contribution in [2.45, 2.75) is 19.0 Å². The molecule has 4 heteroatoms. The number of para-hydroxylation sites is 1. The number of fused-ring (bicyclic) bond motifs is 1. The minimum atomic E-state index is -1.23. The first-order valence-electron chi connectivity index (χ1n) is 6.59. The highest BCUT2D eigenvalue weighted by molar-refractivity contribution is 6.30. The van der Waals surface area contributed by atoms with Crippen LogP contribution in [0, 0.1) is 5.82 Å². The fourth-order valence-corrected chi connectivity index (χ4v) is 2.78. The van der Waals surface area contributed by atoms with Gasteiger partial charge in [0.05, 0.1) is 0 Å². The van der Waals surface area contributed by atoms with E-state index in [1.165, 1.54) is 6.07 Å². The lowest BCUT2D eigenvalue weighted by molar-refractivity contribution is 0.339. The first-order valence-corrected chi connectivity index (χ1v) is 6.96. The molecule has 1 aliphatic heterocycles. The van der Waals surface area contributed by atoms with Crippen LogP contribution in [0.3, 0.4) is 0 Å². The third-order valence-corrected chi connectivity index (χ3v) is 3.87. The molecule has 1 aliphatic rings. The van der Waals surface area contributed by atoms with E-state index in [-0.39, 0.29) is 6.42 Å². The molecule has 0 fully saturated rings. The molecule has 0 aliphatic carbocycles. The Bertz CT molecular complexity index is 642. The lowest BCUT2D eigenvalue weighted by Gasteiger charge is -2.14. The highest BCUT2D eigenvalue weighted by Crippen LogP contribution is 2.34. The first-order chi connectivity index (χ1) is 9.65. The van der Waals surface area contributed by atoms with Crippen LogP contribution in [-0.2, 0) is 12.8 Å². The second-order valence-corrected chi connectivity index (χ2v) is 5.40. The minimum absolute atomic E-state index is 0.0150. The average molecular weight is 294 g/mol. The summed E-state index contributed by atoms with van der Waals surface area (Å²) in [5.41, 5.74) is 2.95. The Morgan fingerprint density at radius 2 is 2.10 bits per heavy atom. The lowest BCUT2D eigenvalue weighted by Crippen LogP contribution is -2.03. The predicted molar refractivity (Wildman–Crippen MR) is 77.6 cm³/mol. The molecule has 1 N–H and O–H groups in total. The van der Waals surface area contributed by atoms with Gasteiger partial charge in [-0.1, -0.05) is 35.9 Å². The van der Waals surface area contributed by atoms with E-state index in [4.69, 9.17) is 11.6 Å². The van der Waals surface area contributed by atoms with Crippen molar-refractivity contribution < 1.29 is 8.78 Å². The molecule has 0 saturated heterocycles. The van der Waals surface area contributed by atoms with Gasteiger partial charge in [0, 0.05) is 29.2 Å². The van der Waals surface area contributed by atoms with Gasteiger partial charge in [-0.25, -0.2) is 8.78 Å². The van der Waals surface area contributed by atoms with Crippen LogP contribution >= 0.6 is 11.6 Å². The van der Waals surface area contributed by atoms with Gasteiger partial charge in [-0.2, -0.15) is 0 Å². The average Bonchev–Trinajstić information content (AvgIpc) is 2.90. The van der Waals surface area contributed by atoms with Crippen molar-refractivity contribution in [2.75, 3.05) is 11.9 Å². The molecular formula is C16H14ClF2N. The van der Waals surface area contributed by atoms with E-state index in [0.717, 1.165) is 24.2 Å². The smallest absolute Gasteiger partial charge is 0.131 e. The first kappa shape index (κ1) is 13.4. The van der Waals surface area contributed by atoms with Crippen LogP contribution in [0.5, 0.6) is 0 Å². The molecule has 0 spiro atoms. The molecule has 1 atom stereocenters. The normalized spacial score (nSPS) is 14.8. The van der Waals surface area contributed by atoms with Gasteiger partial charge in [0.15, 0.2) is 0 Å². The van der Waals surface area contributed by atoms with Crippen LogP contribution in [0.2, 0.25) is 5.02 Å². The van der Waals surface area contributed by atoms with Gasteiger partial charge >= 0.3 is 0 Å².